The first kappa shape index (κ1) is 15.2. The van der Waals surface area contributed by atoms with E-state index in [2.05, 4.69) is 17.2 Å². The number of rotatable bonds is 2. The van der Waals surface area contributed by atoms with E-state index >= 15 is 0 Å². The topological polar surface area (TPSA) is 49.3 Å². The number of hydrogen-bond acceptors (Lipinski definition) is 3. The number of aliphatic hydroxyl groups excluding tert-OH is 1. The second kappa shape index (κ2) is 6.48. The van der Waals surface area contributed by atoms with Crippen LogP contribution in [0.1, 0.15) is 20.1 Å². The molecular weight excluding hydrogens is 296 g/mol. The van der Waals surface area contributed by atoms with E-state index in [1.807, 2.05) is 0 Å². The molecule has 2 aromatic rings. The van der Waals surface area contributed by atoms with Gasteiger partial charge in [0.05, 0.1) is 15.4 Å². The average Bonchev–Trinajstić information content (AvgIpc) is 2.81. The molecular formula is C15H11F2NO2S. The number of anilines is 1. The van der Waals surface area contributed by atoms with Crippen molar-refractivity contribution in [1.29, 1.82) is 0 Å². The molecule has 0 aliphatic carbocycles. The maximum Gasteiger partial charge on any atom is 0.265 e. The summed E-state index contributed by atoms with van der Waals surface area (Å²) in [7, 11) is 0. The quantitative estimate of drug-likeness (QED) is 0.838. The van der Waals surface area contributed by atoms with E-state index in [1.165, 1.54) is 0 Å². The molecule has 0 aliphatic rings. The third kappa shape index (κ3) is 3.66. The Kier molecular flexibility index (Phi) is 4.68. The smallest absolute Gasteiger partial charge is 0.265 e. The predicted octanol–water partition coefficient (Wildman–Crippen LogP) is 2.93. The number of thiophene rings is 1. The van der Waals surface area contributed by atoms with Gasteiger partial charge in [-0.1, -0.05) is 11.8 Å². The lowest BCUT2D eigenvalue weighted by Crippen LogP contribution is -2.11. The van der Waals surface area contributed by atoms with Crippen LogP contribution in [0.3, 0.4) is 0 Å². The molecule has 2 rings (SSSR count). The number of benzene rings is 1. The predicted molar refractivity (Wildman–Crippen MR) is 77.3 cm³/mol. The van der Waals surface area contributed by atoms with Crippen molar-refractivity contribution in [3.63, 3.8) is 0 Å². The van der Waals surface area contributed by atoms with Crippen LogP contribution in [0, 0.1) is 30.4 Å². The first-order valence-electron chi connectivity index (χ1n) is 5.98. The number of hydrogen-bond donors (Lipinski definition) is 2. The molecule has 0 saturated carbocycles. The van der Waals surface area contributed by atoms with Crippen molar-refractivity contribution in [3.05, 3.63) is 51.2 Å². The average molecular weight is 307 g/mol. The molecule has 108 valence electrons. The van der Waals surface area contributed by atoms with Gasteiger partial charge in [-0.25, -0.2) is 8.78 Å². The van der Waals surface area contributed by atoms with Crippen molar-refractivity contribution in [3.8, 4) is 11.8 Å². The highest BCUT2D eigenvalue weighted by Gasteiger charge is 2.14. The zero-order valence-corrected chi connectivity index (χ0v) is 11.9. The molecule has 0 saturated heterocycles. The summed E-state index contributed by atoms with van der Waals surface area (Å²) in [6, 6.07) is 4.56. The second-order valence-corrected chi connectivity index (χ2v) is 5.21. The summed E-state index contributed by atoms with van der Waals surface area (Å²) < 4.78 is 26.3. The highest BCUT2D eigenvalue weighted by Crippen LogP contribution is 2.23. The first-order valence-corrected chi connectivity index (χ1v) is 6.79. The van der Waals surface area contributed by atoms with Crippen molar-refractivity contribution in [2.45, 2.75) is 6.92 Å². The molecule has 0 unspecified atom stereocenters. The summed E-state index contributed by atoms with van der Waals surface area (Å²) >= 11 is 1.14. The summed E-state index contributed by atoms with van der Waals surface area (Å²) in [5, 5.41) is 11.0. The van der Waals surface area contributed by atoms with Gasteiger partial charge in [-0.2, -0.15) is 0 Å². The van der Waals surface area contributed by atoms with Crippen LogP contribution in [0.4, 0.5) is 14.5 Å². The summed E-state index contributed by atoms with van der Waals surface area (Å²) in [5.74, 6) is 3.20. The van der Waals surface area contributed by atoms with Gasteiger partial charge in [0.15, 0.2) is 0 Å². The first-order chi connectivity index (χ1) is 10.0. The van der Waals surface area contributed by atoms with Gasteiger partial charge in [0.1, 0.15) is 18.2 Å². The van der Waals surface area contributed by atoms with E-state index in [0.717, 1.165) is 29.0 Å². The number of aliphatic hydroxyl groups is 1. The van der Waals surface area contributed by atoms with E-state index in [0.29, 0.717) is 15.8 Å². The minimum atomic E-state index is -0.836. The Hall–Kier alpha value is -2.23. The Bertz CT molecular complexity index is 744. The monoisotopic (exact) mass is 307 g/mol. The molecule has 0 bridgehead atoms. The number of nitrogens with one attached hydrogen (secondary N) is 1. The molecule has 1 amide bonds. The van der Waals surface area contributed by atoms with Crippen molar-refractivity contribution < 1.29 is 18.7 Å². The van der Waals surface area contributed by atoms with Crippen LogP contribution in [0.2, 0.25) is 0 Å². The molecule has 1 aromatic heterocycles. The fourth-order valence-electron chi connectivity index (χ4n) is 1.61. The van der Waals surface area contributed by atoms with E-state index in [4.69, 9.17) is 5.11 Å². The highest BCUT2D eigenvalue weighted by atomic mass is 32.1. The highest BCUT2D eigenvalue weighted by molar-refractivity contribution is 7.14. The SMILES string of the molecule is Cc1cc(C(=O)Nc2ccc(F)cc2F)sc1C#CCO. The van der Waals surface area contributed by atoms with E-state index in [1.54, 1.807) is 13.0 Å². The number of aryl methyl sites for hydroxylation is 1. The molecule has 0 spiro atoms. The summed E-state index contributed by atoms with van der Waals surface area (Å²) in [6.45, 7) is 1.52. The van der Waals surface area contributed by atoms with Gasteiger partial charge in [-0.05, 0) is 30.7 Å². The maximum atomic E-state index is 13.5. The third-order valence-corrected chi connectivity index (χ3v) is 3.75. The third-order valence-electron chi connectivity index (χ3n) is 2.60. The van der Waals surface area contributed by atoms with E-state index in [-0.39, 0.29) is 12.3 Å². The molecule has 1 aromatic carbocycles. The van der Waals surface area contributed by atoms with Crippen molar-refractivity contribution in [2.24, 2.45) is 0 Å². The van der Waals surface area contributed by atoms with Crippen molar-refractivity contribution >= 4 is 22.9 Å². The Morgan fingerprint density at radius 1 is 1.38 bits per heavy atom. The second-order valence-electron chi connectivity index (χ2n) is 4.16. The van der Waals surface area contributed by atoms with Crippen LogP contribution >= 0.6 is 11.3 Å². The van der Waals surface area contributed by atoms with Crippen LogP contribution in [0.5, 0.6) is 0 Å². The Balaban J connectivity index is 2.21. The Morgan fingerprint density at radius 2 is 2.14 bits per heavy atom. The number of halogens is 2. The molecule has 0 atom stereocenters. The molecule has 2 N–H and O–H groups in total. The Labute approximate surface area is 124 Å². The molecule has 1 heterocycles. The largest absolute Gasteiger partial charge is 0.384 e. The summed E-state index contributed by atoms with van der Waals surface area (Å²) in [5.41, 5.74) is 0.709. The van der Waals surface area contributed by atoms with E-state index in [9.17, 15) is 13.6 Å². The molecule has 21 heavy (non-hydrogen) atoms. The maximum absolute atomic E-state index is 13.5. The molecule has 0 fully saturated rings. The van der Waals surface area contributed by atoms with Gasteiger partial charge in [0.2, 0.25) is 0 Å². The lowest BCUT2D eigenvalue weighted by atomic mass is 10.2. The fourth-order valence-corrected chi connectivity index (χ4v) is 2.56. The van der Waals surface area contributed by atoms with Crippen LogP contribution in [-0.4, -0.2) is 17.6 Å². The van der Waals surface area contributed by atoms with Gasteiger partial charge >= 0.3 is 0 Å². The standard InChI is InChI=1S/C15H11F2NO2S/c1-9-7-14(21-13(9)3-2-6-19)15(20)18-12-5-4-10(16)8-11(12)17/h4-5,7-8,19H,6H2,1H3,(H,18,20). The normalized spacial score (nSPS) is 9.90. The fraction of sp³-hybridized carbons (Fsp3) is 0.133. The van der Waals surface area contributed by atoms with Crippen molar-refractivity contribution in [1.82, 2.24) is 0 Å². The van der Waals surface area contributed by atoms with Crippen LogP contribution in [0.15, 0.2) is 24.3 Å². The van der Waals surface area contributed by atoms with Crippen LogP contribution < -0.4 is 5.32 Å². The lowest BCUT2D eigenvalue weighted by Gasteiger charge is -2.04. The van der Waals surface area contributed by atoms with Crippen molar-refractivity contribution in [2.75, 3.05) is 11.9 Å². The Morgan fingerprint density at radius 3 is 2.81 bits per heavy atom. The minimum Gasteiger partial charge on any atom is -0.384 e. The zero-order chi connectivity index (χ0) is 15.4. The summed E-state index contributed by atoms with van der Waals surface area (Å²) in [6.07, 6.45) is 0. The molecule has 6 heteroatoms. The molecule has 3 nitrogen and oxygen atoms in total. The van der Waals surface area contributed by atoms with Gasteiger partial charge in [-0.15, -0.1) is 11.3 Å². The van der Waals surface area contributed by atoms with Gasteiger partial charge in [-0.3, -0.25) is 4.79 Å². The van der Waals surface area contributed by atoms with Gasteiger partial charge in [0.25, 0.3) is 5.91 Å². The van der Waals surface area contributed by atoms with Gasteiger partial charge < -0.3 is 10.4 Å². The lowest BCUT2D eigenvalue weighted by molar-refractivity contribution is 0.103. The molecule has 0 radical (unpaired) electrons. The number of carbonyl (C=O) groups is 1. The minimum absolute atomic E-state index is 0.0876. The zero-order valence-electron chi connectivity index (χ0n) is 11.0. The number of carbonyl (C=O) groups excluding carboxylic acids is 1. The van der Waals surface area contributed by atoms with Gasteiger partial charge in [0, 0.05) is 6.07 Å². The molecule has 0 aliphatic heterocycles. The summed E-state index contributed by atoms with van der Waals surface area (Å²) in [4.78, 5) is 13.1. The van der Waals surface area contributed by atoms with E-state index < -0.39 is 17.5 Å². The van der Waals surface area contributed by atoms with Crippen LogP contribution in [-0.2, 0) is 0 Å². The van der Waals surface area contributed by atoms with Crippen LogP contribution in [0.25, 0.3) is 0 Å². The number of amides is 1.